The van der Waals surface area contributed by atoms with Crippen LogP contribution in [0.3, 0.4) is 0 Å². The molecule has 0 heterocycles. The van der Waals surface area contributed by atoms with Gasteiger partial charge in [-0.05, 0) is 35.9 Å². The first kappa shape index (κ1) is 14.5. The molecule has 0 aliphatic heterocycles. The van der Waals surface area contributed by atoms with Gasteiger partial charge in [-0.1, -0.05) is 36.9 Å². The molecule has 0 atom stereocenters. The van der Waals surface area contributed by atoms with E-state index in [-0.39, 0.29) is 0 Å². The smallest absolute Gasteiger partial charge is 0.258 e. The molecule has 0 aromatic heterocycles. The summed E-state index contributed by atoms with van der Waals surface area (Å²) in [5, 5.41) is 2.19. The minimum atomic E-state index is -0.524. The van der Waals surface area contributed by atoms with Crippen LogP contribution in [0.2, 0.25) is 0 Å². The fourth-order valence-electron chi connectivity index (χ4n) is 1.68. The van der Waals surface area contributed by atoms with E-state index in [0.717, 1.165) is 11.6 Å². The van der Waals surface area contributed by atoms with Gasteiger partial charge in [0.15, 0.2) is 0 Å². The Morgan fingerprint density at radius 3 is 2.33 bits per heavy atom. The monoisotopic (exact) mass is 281 g/mol. The first-order valence-electron chi connectivity index (χ1n) is 6.43. The van der Waals surface area contributed by atoms with Crippen LogP contribution in [0.4, 0.5) is 0 Å². The third-order valence-corrected chi connectivity index (χ3v) is 2.79. The molecule has 2 aromatic carbocycles. The molecule has 0 saturated heterocycles. The number of benzene rings is 2. The zero-order valence-electron chi connectivity index (χ0n) is 11.4. The van der Waals surface area contributed by atoms with E-state index in [2.05, 4.69) is 11.9 Å². The molecule has 0 saturated carbocycles. The molecule has 0 aliphatic carbocycles. The van der Waals surface area contributed by atoms with Crippen molar-refractivity contribution in [2.75, 3.05) is 0 Å². The van der Waals surface area contributed by atoms with E-state index in [9.17, 15) is 9.59 Å². The van der Waals surface area contributed by atoms with Crippen molar-refractivity contribution in [1.82, 2.24) is 5.32 Å². The maximum Gasteiger partial charge on any atom is 0.258 e. The van der Waals surface area contributed by atoms with E-state index >= 15 is 0 Å². The highest BCUT2D eigenvalue weighted by molar-refractivity contribution is 6.07. The lowest BCUT2D eigenvalue weighted by atomic mass is 10.2. The van der Waals surface area contributed by atoms with Gasteiger partial charge >= 0.3 is 0 Å². The molecule has 0 fully saturated rings. The van der Waals surface area contributed by atoms with Gasteiger partial charge < -0.3 is 4.74 Å². The lowest BCUT2D eigenvalue weighted by molar-refractivity contribution is -0.115. The van der Waals surface area contributed by atoms with Gasteiger partial charge in [0, 0.05) is 5.56 Å². The number of nitrogens with one attached hydrogen (secondary N) is 1. The highest BCUT2D eigenvalue weighted by Gasteiger charge is 2.07. The van der Waals surface area contributed by atoms with Crippen LogP contribution < -0.4 is 10.1 Å². The van der Waals surface area contributed by atoms with Gasteiger partial charge in [-0.15, -0.1) is 0 Å². The van der Waals surface area contributed by atoms with Crippen LogP contribution in [0, 0.1) is 0 Å². The first-order chi connectivity index (χ1) is 10.2. The minimum Gasteiger partial charge on any atom is -0.489 e. The van der Waals surface area contributed by atoms with Crippen LogP contribution >= 0.6 is 0 Å². The van der Waals surface area contributed by atoms with E-state index in [1.807, 2.05) is 30.3 Å². The average Bonchev–Trinajstić information content (AvgIpc) is 2.54. The Hall–Kier alpha value is -2.88. The normalized spacial score (nSPS) is 9.71. The van der Waals surface area contributed by atoms with Crippen LogP contribution in [0.15, 0.2) is 67.3 Å². The molecule has 0 unspecified atom stereocenters. The summed E-state index contributed by atoms with van der Waals surface area (Å²) in [7, 11) is 0. The highest BCUT2D eigenvalue weighted by Crippen LogP contribution is 2.14. The minimum absolute atomic E-state index is 0.386. The zero-order chi connectivity index (χ0) is 15.1. The standard InChI is InChI=1S/C17H15NO3/c1-2-16(19)18-17(20)14-8-10-15(11-9-14)21-12-13-6-4-3-5-7-13/h2-11H,1,12H2,(H,18,19,20). The molecule has 1 N–H and O–H groups in total. The second-order valence-electron chi connectivity index (χ2n) is 4.32. The predicted molar refractivity (Wildman–Crippen MR) is 79.9 cm³/mol. The van der Waals surface area contributed by atoms with Gasteiger partial charge in [0.25, 0.3) is 5.91 Å². The van der Waals surface area contributed by atoms with Crippen molar-refractivity contribution in [2.45, 2.75) is 6.61 Å². The molecule has 4 nitrogen and oxygen atoms in total. The number of ether oxygens (including phenoxy) is 1. The van der Waals surface area contributed by atoms with Crippen molar-refractivity contribution in [3.05, 3.63) is 78.4 Å². The van der Waals surface area contributed by atoms with Crippen LogP contribution in [-0.2, 0) is 11.4 Å². The quantitative estimate of drug-likeness (QED) is 0.857. The Kier molecular flexibility index (Phi) is 4.88. The van der Waals surface area contributed by atoms with E-state index in [4.69, 9.17) is 4.74 Å². The Morgan fingerprint density at radius 2 is 1.71 bits per heavy atom. The van der Waals surface area contributed by atoms with Gasteiger partial charge in [0.2, 0.25) is 5.91 Å². The number of hydrogen-bond acceptors (Lipinski definition) is 3. The molecule has 106 valence electrons. The SMILES string of the molecule is C=CC(=O)NC(=O)c1ccc(OCc2ccccc2)cc1. The third-order valence-electron chi connectivity index (χ3n) is 2.79. The van der Waals surface area contributed by atoms with E-state index in [1.54, 1.807) is 24.3 Å². The fourth-order valence-corrected chi connectivity index (χ4v) is 1.68. The topological polar surface area (TPSA) is 55.4 Å². The van der Waals surface area contributed by atoms with Gasteiger partial charge in [-0.2, -0.15) is 0 Å². The summed E-state index contributed by atoms with van der Waals surface area (Å²) in [6.45, 7) is 3.75. The lowest BCUT2D eigenvalue weighted by Crippen LogP contribution is -2.28. The first-order valence-corrected chi connectivity index (χ1v) is 6.43. The van der Waals surface area contributed by atoms with Crippen molar-refractivity contribution in [3.8, 4) is 5.75 Å². The summed E-state index contributed by atoms with van der Waals surface area (Å²) >= 11 is 0. The molecule has 0 bridgehead atoms. The molecule has 0 aliphatic rings. The van der Waals surface area contributed by atoms with Crippen molar-refractivity contribution < 1.29 is 14.3 Å². The summed E-state index contributed by atoms with van der Waals surface area (Å²) in [5.74, 6) is -0.329. The number of carbonyl (C=O) groups excluding carboxylic acids is 2. The van der Waals surface area contributed by atoms with E-state index in [1.165, 1.54) is 0 Å². The van der Waals surface area contributed by atoms with Crippen molar-refractivity contribution >= 4 is 11.8 Å². The predicted octanol–water partition coefficient (Wildman–Crippen LogP) is 2.71. The van der Waals surface area contributed by atoms with Crippen LogP contribution in [-0.4, -0.2) is 11.8 Å². The molecular formula is C17H15NO3. The highest BCUT2D eigenvalue weighted by atomic mass is 16.5. The van der Waals surface area contributed by atoms with Crippen molar-refractivity contribution in [2.24, 2.45) is 0 Å². The molecule has 2 rings (SSSR count). The van der Waals surface area contributed by atoms with Gasteiger partial charge in [0.05, 0.1) is 0 Å². The fraction of sp³-hybridized carbons (Fsp3) is 0.0588. The molecule has 4 heteroatoms. The number of hydrogen-bond donors (Lipinski definition) is 1. The molecule has 2 amide bonds. The van der Waals surface area contributed by atoms with Crippen molar-refractivity contribution in [1.29, 1.82) is 0 Å². The second-order valence-corrected chi connectivity index (χ2v) is 4.32. The zero-order valence-corrected chi connectivity index (χ0v) is 11.4. The Morgan fingerprint density at radius 1 is 1.05 bits per heavy atom. The molecular weight excluding hydrogens is 266 g/mol. The molecule has 0 spiro atoms. The van der Waals surface area contributed by atoms with E-state index < -0.39 is 11.8 Å². The van der Waals surface area contributed by atoms with Gasteiger partial charge in [-0.25, -0.2) is 0 Å². The van der Waals surface area contributed by atoms with Gasteiger partial charge in [-0.3, -0.25) is 14.9 Å². The summed E-state index contributed by atoms with van der Waals surface area (Å²) < 4.78 is 5.61. The van der Waals surface area contributed by atoms with Crippen LogP contribution in [0.25, 0.3) is 0 Å². The number of imide groups is 1. The molecule has 2 aromatic rings. The molecule has 21 heavy (non-hydrogen) atoms. The summed E-state index contributed by atoms with van der Waals surface area (Å²) in [4.78, 5) is 22.7. The average molecular weight is 281 g/mol. The van der Waals surface area contributed by atoms with Crippen LogP contribution in [0.1, 0.15) is 15.9 Å². The Bertz CT molecular complexity index is 633. The Labute approximate surface area is 123 Å². The number of carbonyl (C=O) groups is 2. The van der Waals surface area contributed by atoms with Crippen molar-refractivity contribution in [3.63, 3.8) is 0 Å². The number of amides is 2. The third kappa shape index (κ3) is 4.31. The Balaban J connectivity index is 1.94. The largest absolute Gasteiger partial charge is 0.489 e. The summed E-state index contributed by atoms with van der Waals surface area (Å²) in [6.07, 6.45) is 1.05. The molecule has 0 radical (unpaired) electrons. The second kappa shape index (κ2) is 7.05. The number of rotatable bonds is 5. The maximum atomic E-state index is 11.7. The maximum absolute atomic E-state index is 11.7. The summed E-state index contributed by atoms with van der Waals surface area (Å²) in [6, 6.07) is 16.4. The summed E-state index contributed by atoms with van der Waals surface area (Å²) in [5.41, 5.74) is 1.45. The lowest BCUT2D eigenvalue weighted by Gasteiger charge is -2.07. The van der Waals surface area contributed by atoms with E-state index in [0.29, 0.717) is 17.9 Å². The van der Waals surface area contributed by atoms with Gasteiger partial charge in [0.1, 0.15) is 12.4 Å². The van der Waals surface area contributed by atoms with Crippen LogP contribution in [0.5, 0.6) is 5.75 Å².